The van der Waals surface area contributed by atoms with E-state index in [9.17, 15) is 4.79 Å². The van der Waals surface area contributed by atoms with E-state index in [2.05, 4.69) is 16.8 Å². The Bertz CT molecular complexity index is 293. The Hall–Kier alpha value is -0.910. The molecule has 0 saturated carbocycles. The van der Waals surface area contributed by atoms with E-state index in [0.29, 0.717) is 0 Å². The minimum Gasteiger partial charge on any atom is -0.379 e. The normalized spacial score (nSPS) is 23.7. The van der Waals surface area contributed by atoms with Crippen LogP contribution in [0.2, 0.25) is 0 Å². The smallest absolute Gasteiger partial charge is 0.246 e. The maximum absolute atomic E-state index is 11.9. The summed E-state index contributed by atoms with van der Waals surface area (Å²) in [6, 6.07) is 0. The lowest BCUT2D eigenvalue weighted by molar-refractivity contribution is -0.127. The summed E-state index contributed by atoms with van der Waals surface area (Å²) in [6.07, 6.45) is 3.70. The van der Waals surface area contributed by atoms with E-state index in [0.717, 1.165) is 59.0 Å². The summed E-state index contributed by atoms with van der Waals surface area (Å²) in [4.78, 5) is 18.4. The second kappa shape index (κ2) is 6.87. The number of rotatable bonds is 3. The molecule has 2 rings (SSSR count). The fraction of sp³-hybridized carbons (Fsp3) is 0.769. The number of carbonyl (C=O) groups is 1. The number of morpholine rings is 1. The minimum absolute atomic E-state index is 0.149. The Kier molecular flexibility index (Phi) is 5.16. The maximum Gasteiger partial charge on any atom is 0.246 e. The molecule has 1 amide bonds. The number of ether oxygens (including phenoxy) is 1. The van der Waals surface area contributed by atoms with E-state index in [1.54, 1.807) is 6.08 Å². The number of hydrogen-bond donors (Lipinski definition) is 0. The van der Waals surface area contributed by atoms with Gasteiger partial charge in [0.05, 0.1) is 13.2 Å². The molecule has 5 heteroatoms. The number of amides is 1. The Balaban J connectivity index is 1.69. The summed E-state index contributed by atoms with van der Waals surface area (Å²) in [5.74, 6) is 0.149. The topological polar surface area (TPSA) is 36.0 Å². The number of hydrogen-bond acceptors (Lipinski definition) is 4. The lowest BCUT2D eigenvalue weighted by Gasteiger charge is -2.31. The molecule has 2 heterocycles. The van der Waals surface area contributed by atoms with E-state index >= 15 is 0 Å². The predicted molar refractivity (Wildman–Crippen MR) is 70.5 cm³/mol. The largest absolute Gasteiger partial charge is 0.379 e. The monoisotopic (exact) mass is 253 g/mol. The van der Waals surface area contributed by atoms with Crippen LogP contribution in [0.25, 0.3) is 0 Å². The van der Waals surface area contributed by atoms with Crippen molar-refractivity contribution in [3.8, 4) is 0 Å². The molecule has 0 aromatic heterocycles. The lowest BCUT2D eigenvalue weighted by Crippen LogP contribution is -2.46. The van der Waals surface area contributed by atoms with Gasteiger partial charge in [-0.1, -0.05) is 6.08 Å². The first-order chi connectivity index (χ1) is 8.75. The highest BCUT2D eigenvalue weighted by molar-refractivity contribution is 5.87. The minimum atomic E-state index is 0.149. The summed E-state index contributed by atoms with van der Waals surface area (Å²) in [6.45, 7) is 8.03. The first-order valence-electron chi connectivity index (χ1n) is 6.70. The average molecular weight is 253 g/mol. The first-order valence-corrected chi connectivity index (χ1v) is 6.70. The van der Waals surface area contributed by atoms with Gasteiger partial charge in [-0.15, -0.1) is 0 Å². The van der Waals surface area contributed by atoms with Crippen molar-refractivity contribution < 1.29 is 9.53 Å². The van der Waals surface area contributed by atoms with Crippen LogP contribution < -0.4 is 0 Å². The molecule has 2 aliphatic rings. The summed E-state index contributed by atoms with van der Waals surface area (Å²) in [5, 5.41) is 0. The molecule has 0 aliphatic carbocycles. The third-order valence-electron chi connectivity index (χ3n) is 3.54. The molecule has 2 fully saturated rings. The van der Waals surface area contributed by atoms with Gasteiger partial charge in [0.25, 0.3) is 0 Å². The molecule has 2 saturated heterocycles. The fourth-order valence-corrected chi connectivity index (χ4v) is 2.22. The van der Waals surface area contributed by atoms with Gasteiger partial charge in [-0.3, -0.25) is 9.69 Å². The Morgan fingerprint density at radius 2 is 1.78 bits per heavy atom. The Morgan fingerprint density at radius 1 is 1.11 bits per heavy atom. The summed E-state index contributed by atoms with van der Waals surface area (Å²) in [5.41, 5.74) is 0. The summed E-state index contributed by atoms with van der Waals surface area (Å²) < 4.78 is 5.29. The quantitative estimate of drug-likeness (QED) is 0.644. The zero-order chi connectivity index (χ0) is 12.8. The SMILES string of the molecule is CN1CCN(C(=O)C=CCN2CCOCC2)CC1. The molecule has 0 spiro atoms. The number of nitrogens with zero attached hydrogens (tertiary/aromatic N) is 3. The molecule has 5 nitrogen and oxygen atoms in total. The molecular formula is C13H23N3O2. The van der Waals surface area contributed by atoms with Crippen LogP contribution in [0.15, 0.2) is 12.2 Å². The predicted octanol–water partition coefficient (Wildman–Crippen LogP) is -0.351. The third-order valence-corrected chi connectivity index (χ3v) is 3.54. The van der Waals surface area contributed by atoms with Gasteiger partial charge in [-0.2, -0.15) is 0 Å². The van der Waals surface area contributed by atoms with Gasteiger partial charge in [-0.05, 0) is 7.05 Å². The van der Waals surface area contributed by atoms with Crippen LogP contribution in [0.3, 0.4) is 0 Å². The van der Waals surface area contributed by atoms with E-state index in [1.165, 1.54) is 0 Å². The molecular weight excluding hydrogens is 230 g/mol. The lowest BCUT2D eigenvalue weighted by atomic mass is 10.3. The molecule has 0 atom stereocenters. The molecule has 0 aromatic rings. The molecule has 18 heavy (non-hydrogen) atoms. The van der Waals surface area contributed by atoms with Crippen LogP contribution in [-0.4, -0.2) is 86.7 Å². The molecule has 0 bridgehead atoms. The van der Waals surface area contributed by atoms with Crippen molar-refractivity contribution in [1.82, 2.24) is 14.7 Å². The van der Waals surface area contributed by atoms with Gasteiger partial charge in [0.1, 0.15) is 0 Å². The first kappa shape index (κ1) is 13.5. The summed E-state index contributed by atoms with van der Waals surface area (Å²) >= 11 is 0. The molecule has 0 N–H and O–H groups in total. The molecule has 102 valence electrons. The second-order valence-electron chi connectivity index (χ2n) is 4.94. The highest BCUT2D eigenvalue weighted by Crippen LogP contribution is 2.01. The van der Waals surface area contributed by atoms with Gasteiger partial charge in [-0.25, -0.2) is 0 Å². The standard InChI is InChI=1S/C13H23N3O2/c1-14-5-7-16(8-6-14)13(17)3-2-4-15-9-11-18-12-10-15/h2-3H,4-12H2,1H3. The van der Waals surface area contributed by atoms with Crippen molar-refractivity contribution in [3.05, 3.63) is 12.2 Å². The van der Waals surface area contributed by atoms with Crippen molar-refractivity contribution >= 4 is 5.91 Å². The van der Waals surface area contributed by atoms with Crippen LogP contribution in [-0.2, 0) is 9.53 Å². The number of piperazine rings is 1. The van der Waals surface area contributed by atoms with Crippen molar-refractivity contribution in [2.45, 2.75) is 0 Å². The molecule has 2 aliphatic heterocycles. The zero-order valence-electron chi connectivity index (χ0n) is 11.2. The summed E-state index contributed by atoms with van der Waals surface area (Å²) in [7, 11) is 2.09. The van der Waals surface area contributed by atoms with E-state index in [4.69, 9.17) is 4.74 Å². The van der Waals surface area contributed by atoms with Gasteiger partial charge >= 0.3 is 0 Å². The highest BCUT2D eigenvalue weighted by Gasteiger charge is 2.16. The highest BCUT2D eigenvalue weighted by atomic mass is 16.5. The van der Waals surface area contributed by atoms with Gasteiger partial charge in [0, 0.05) is 51.9 Å². The van der Waals surface area contributed by atoms with Crippen LogP contribution in [0.4, 0.5) is 0 Å². The van der Waals surface area contributed by atoms with Gasteiger partial charge in [0.2, 0.25) is 5.91 Å². The maximum atomic E-state index is 11.9. The van der Waals surface area contributed by atoms with Crippen LogP contribution in [0.5, 0.6) is 0 Å². The van der Waals surface area contributed by atoms with Crippen molar-refractivity contribution in [2.24, 2.45) is 0 Å². The zero-order valence-corrected chi connectivity index (χ0v) is 11.2. The Morgan fingerprint density at radius 3 is 2.44 bits per heavy atom. The molecule has 0 radical (unpaired) electrons. The average Bonchev–Trinajstić information content (AvgIpc) is 2.40. The van der Waals surface area contributed by atoms with Crippen molar-refractivity contribution in [3.63, 3.8) is 0 Å². The molecule has 0 unspecified atom stereocenters. The van der Waals surface area contributed by atoms with E-state index < -0.39 is 0 Å². The van der Waals surface area contributed by atoms with Gasteiger partial charge < -0.3 is 14.5 Å². The number of likely N-dealkylation sites (N-methyl/N-ethyl adjacent to an activating group) is 1. The third kappa shape index (κ3) is 4.08. The van der Waals surface area contributed by atoms with E-state index in [1.807, 2.05) is 11.0 Å². The number of carbonyl (C=O) groups excluding carboxylic acids is 1. The second-order valence-corrected chi connectivity index (χ2v) is 4.94. The van der Waals surface area contributed by atoms with Gasteiger partial charge in [0.15, 0.2) is 0 Å². The Labute approximate surface area is 109 Å². The van der Waals surface area contributed by atoms with E-state index in [-0.39, 0.29) is 5.91 Å². The molecule has 0 aromatic carbocycles. The van der Waals surface area contributed by atoms with Crippen LogP contribution in [0, 0.1) is 0 Å². The van der Waals surface area contributed by atoms with Crippen molar-refractivity contribution in [1.29, 1.82) is 0 Å². The van der Waals surface area contributed by atoms with Crippen LogP contribution >= 0.6 is 0 Å². The van der Waals surface area contributed by atoms with Crippen LogP contribution in [0.1, 0.15) is 0 Å². The van der Waals surface area contributed by atoms with Crippen molar-refractivity contribution in [2.75, 3.05) is 66.1 Å². The fourth-order valence-electron chi connectivity index (χ4n) is 2.22.